The second-order valence-electron chi connectivity index (χ2n) is 6.05. The lowest BCUT2D eigenvalue weighted by Crippen LogP contribution is -2.43. The fourth-order valence-corrected chi connectivity index (χ4v) is 2.72. The highest BCUT2D eigenvalue weighted by Crippen LogP contribution is 2.13. The summed E-state index contributed by atoms with van der Waals surface area (Å²) >= 11 is 0. The first-order valence-corrected chi connectivity index (χ1v) is 8.07. The smallest absolute Gasteiger partial charge is 0.332 e. The topological polar surface area (TPSA) is 100 Å². The van der Waals surface area contributed by atoms with Gasteiger partial charge in [-0.3, -0.25) is 13.9 Å². The standard InChI is InChI=1S/C18H22N4O4/c1-20(10-14(23)12-26-11-13-7-5-4-6-8-13)16-15(9-19)17(24)22(3)18(25)21(16)2/h4-8,14,23H,10-12H2,1-3H3. The molecule has 1 atom stereocenters. The molecule has 0 saturated heterocycles. The number of aliphatic hydroxyl groups excluding tert-OH is 1. The number of rotatable bonds is 7. The Bertz CT molecular complexity index is 912. The van der Waals surface area contributed by atoms with Crippen molar-refractivity contribution >= 4 is 5.82 Å². The van der Waals surface area contributed by atoms with E-state index in [-0.39, 0.29) is 24.5 Å². The summed E-state index contributed by atoms with van der Waals surface area (Å²) in [5.74, 6) is 0.169. The summed E-state index contributed by atoms with van der Waals surface area (Å²) < 4.78 is 7.60. The van der Waals surface area contributed by atoms with Crippen molar-refractivity contribution < 1.29 is 9.84 Å². The SMILES string of the molecule is CN(CC(O)COCc1ccccc1)c1c(C#N)c(=O)n(C)c(=O)n1C. The Morgan fingerprint density at radius 2 is 1.88 bits per heavy atom. The summed E-state index contributed by atoms with van der Waals surface area (Å²) in [6.45, 7) is 0.555. The maximum Gasteiger partial charge on any atom is 0.332 e. The van der Waals surface area contributed by atoms with Gasteiger partial charge in [-0.25, -0.2) is 4.79 Å². The second-order valence-corrected chi connectivity index (χ2v) is 6.05. The van der Waals surface area contributed by atoms with Gasteiger partial charge >= 0.3 is 5.69 Å². The molecule has 0 saturated carbocycles. The number of likely N-dealkylation sites (N-methyl/N-ethyl adjacent to an activating group) is 1. The number of nitriles is 1. The van der Waals surface area contributed by atoms with Gasteiger partial charge < -0.3 is 14.7 Å². The molecule has 1 aromatic carbocycles. The summed E-state index contributed by atoms with van der Waals surface area (Å²) in [6, 6.07) is 11.4. The lowest BCUT2D eigenvalue weighted by Gasteiger charge is -2.25. The average molecular weight is 358 g/mol. The zero-order valence-corrected chi connectivity index (χ0v) is 15.0. The third-order valence-corrected chi connectivity index (χ3v) is 4.01. The van der Waals surface area contributed by atoms with Crippen molar-refractivity contribution in [2.75, 3.05) is 25.1 Å². The minimum Gasteiger partial charge on any atom is -0.389 e. The van der Waals surface area contributed by atoms with Gasteiger partial charge in [0.1, 0.15) is 11.9 Å². The fourth-order valence-electron chi connectivity index (χ4n) is 2.72. The fraction of sp³-hybridized carbons (Fsp3) is 0.389. The van der Waals surface area contributed by atoms with Crippen LogP contribution >= 0.6 is 0 Å². The van der Waals surface area contributed by atoms with E-state index in [1.807, 2.05) is 36.4 Å². The molecular weight excluding hydrogens is 336 g/mol. The molecule has 1 unspecified atom stereocenters. The van der Waals surface area contributed by atoms with Crippen LogP contribution in [0, 0.1) is 11.3 Å². The molecule has 1 heterocycles. The monoisotopic (exact) mass is 358 g/mol. The molecule has 0 aliphatic rings. The molecule has 26 heavy (non-hydrogen) atoms. The van der Waals surface area contributed by atoms with E-state index in [1.165, 1.54) is 23.6 Å². The van der Waals surface area contributed by atoms with E-state index < -0.39 is 17.4 Å². The number of anilines is 1. The lowest BCUT2D eigenvalue weighted by molar-refractivity contribution is 0.0323. The highest BCUT2D eigenvalue weighted by atomic mass is 16.5. The van der Waals surface area contributed by atoms with Crippen LogP contribution in [-0.4, -0.2) is 40.5 Å². The molecule has 0 bridgehead atoms. The summed E-state index contributed by atoms with van der Waals surface area (Å²) in [5.41, 5.74) is -0.346. The zero-order chi connectivity index (χ0) is 19.3. The van der Waals surface area contributed by atoms with Gasteiger partial charge in [-0.2, -0.15) is 5.26 Å². The molecule has 0 fully saturated rings. The minimum atomic E-state index is -0.852. The van der Waals surface area contributed by atoms with Crippen molar-refractivity contribution in [2.45, 2.75) is 12.7 Å². The average Bonchev–Trinajstić information content (AvgIpc) is 2.63. The number of hydrogen-bond acceptors (Lipinski definition) is 6. The van der Waals surface area contributed by atoms with Gasteiger partial charge in [-0.1, -0.05) is 30.3 Å². The van der Waals surface area contributed by atoms with E-state index in [4.69, 9.17) is 4.74 Å². The molecule has 0 spiro atoms. The van der Waals surface area contributed by atoms with Crippen molar-refractivity contribution in [1.82, 2.24) is 9.13 Å². The Morgan fingerprint density at radius 3 is 2.50 bits per heavy atom. The predicted octanol–water partition coefficient (Wildman–Crippen LogP) is -0.0304. The van der Waals surface area contributed by atoms with Crippen LogP contribution in [0.1, 0.15) is 11.1 Å². The predicted molar refractivity (Wildman–Crippen MR) is 97.0 cm³/mol. The Labute approximate surface area is 151 Å². The molecule has 0 aliphatic carbocycles. The molecule has 0 radical (unpaired) electrons. The van der Waals surface area contributed by atoms with Crippen LogP contribution in [0.2, 0.25) is 0 Å². The first kappa shape index (κ1) is 19.4. The van der Waals surface area contributed by atoms with Crippen LogP contribution in [0.25, 0.3) is 0 Å². The van der Waals surface area contributed by atoms with Gasteiger partial charge in [0.15, 0.2) is 5.56 Å². The maximum atomic E-state index is 12.1. The number of nitrogens with zero attached hydrogens (tertiary/aromatic N) is 4. The lowest BCUT2D eigenvalue weighted by atomic mass is 10.2. The Balaban J connectivity index is 2.08. The summed E-state index contributed by atoms with van der Waals surface area (Å²) in [7, 11) is 4.41. The number of hydrogen-bond donors (Lipinski definition) is 1. The third kappa shape index (κ3) is 4.20. The van der Waals surface area contributed by atoms with Gasteiger partial charge in [-0.15, -0.1) is 0 Å². The molecule has 8 heteroatoms. The molecule has 2 aromatic rings. The summed E-state index contributed by atoms with van der Waals surface area (Å²) in [4.78, 5) is 25.7. The first-order valence-electron chi connectivity index (χ1n) is 8.07. The molecule has 2 rings (SSSR count). The van der Waals surface area contributed by atoms with Crippen LogP contribution in [0.15, 0.2) is 39.9 Å². The van der Waals surface area contributed by atoms with Crippen LogP contribution < -0.4 is 16.1 Å². The zero-order valence-electron chi connectivity index (χ0n) is 15.0. The maximum absolute atomic E-state index is 12.1. The summed E-state index contributed by atoms with van der Waals surface area (Å²) in [6.07, 6.45) is -0.852. The number of benzene rings is 1. The highest BCUT2D eigenvalue weighted by molar-refractivity contribution is 5.53. The minimum absolute atomic E-state index is 0.0832. The van der Waals surface area contributed by atoms with Crippen molar-refractivity contribution in [1.29, 1.82) is 5.26 Å². The van der Waals surface area contributed by atoms with Gasteiger partial charge in [0.25, 0.3) is 5.56 Å². The number of aliphatic hydroxyl groups is 1. The molecule has 8 nitrogen and oxygen atoms in total. The van der Waals surface area contributed by atoms with E-state index in [0.717, 1.165) is 10.1 Å². The largest absolute Gasteiger partial charge is 0.389 e. The van der Waals surface area contributed by atoms with Crippen molar-refractivity contribution in [3.63, 3.8) is 0 Å². The molecule has 1 N–H and O–H groups in total. The Morgan fingerprint density at radius 1 is 1.23 bits per heavy atom. The van der Waals surface area contributed by atoms with Gasteiger partial charge in [0.2, 0.25) is 0 Å². The van der Waals surface area contributed by atoms with Gasteiger partial charge in [0.05, 0.1) is 19.3 Å². The first-order chi connectivity index (χ1) is 12.4. The van der Waals surface area contributed by atoms with Crippen molar-refractivity contribution in [3.05, 3.63) is 62.3 Å². The van der Waals surface area contributed by atoms with E-state index in [9.17, 15) is 20.0 Å². The third-order valence-electron chi connectivity index (χ3n) is 4.01. The number of ether oxygens (including phenoxy) is 1. The quantitative estimate of drug-likeness (QED) is 0.746. The summed E-state index contributed by atoms with van der Waals surface area (Å²) in [5, 5.41) is 19.5. The molecule has 1 aromatic heterocycles. The second kappa shape index (κ2) is 8.47. The van der Waals surface area contributed by atoms with Crippen molar-refractivity contribution in [2.24, 2.45) is 14.1 Å². The molecular formula is C18H22N4O4. The van der Waals surface area contributed by atoms with Crippen LogP contribution in [0.5, 0.6) is 0 Å². The molecule has 0 amide bonds. The Hall–Kier alpha value is -2.89. The Kier molecular flexibility index (Phi) is 6.33. The van der Waals surface area contributed by atoms with E-state index in [0.29, 0.717) is 6.61 Å². The van der Waals surface area contributed by atoms with E-state index in [2.05, 4.69) is 0 Å². The van der Waals surface area contributed by atoms with Crippen LogP contribution in [-0.2, 0) is 25.4 Å². The highest BCUT2D eigenvalue weighted by Gasteiger charge is 2.20. The van der Waals surface area contributed by atoms with Gasteiger partial charge in [0, 0.05) is 27.7 Å². The van der Waals surface area contributed by atoms with Crippen LogP contribution in [0.4, 0.5) is 5.82 Å². The van der Waals surface area contributed by atoms with Crippen LogP contribution in [0.3, 0.4) is 0 Å². The van der Waals surface area contributed by atoms with E-state index in [1.54, 1.807) is 7.05 Å². The normalized spacial score (nSPS) is 11.8. The molecule has 138 valence electrons. The van der Waals surface area contributed by atoms with E-state index >= 15 is 0 Å². The van der Waals surface area contributed by atoms with Crippen molar-refractivity contribution in [3.8, 4) is 6.07 Å². The van der Waals surface area contributed by atoms with Gasteiger partial charge in [-0.05, 0) is 5.56 Å². The molecule has 0 aliphatic heterocycles. The number of aromatic nitrogens is 2.